The number of hydrogen-bond acceptors (Lipinski definition) is 5. The third kappa shape index (κ3) is 3.55. The highest BCUT2D eigenvalue weighted by molar-refractivity contribution is 5.96. The largest absolute Gasteiger partial charge is 0.388 e. The van der Waals surface area contributed by atoms with Crippen LogP contribution < -0.4 is 5.32 Å². The molecular formula is C20H30N4O4. The van der Waals surface area contributed by atoms with Crippen LogP contribution in [-0.2, 0) is 9.53 Å². The van der Waals surface area contributed by atoms with E-state index in [-0.39, 0.29) is 18.4 Å². The van der Waals surface area contributed by atoms with E-state index in [1.807, 2.05) is 11.8 Å². The summed E-state index contributed by atoms with van der Waals surface area (Å²) in [5.74, 6) is 0.288. The van der Waals surface area contributed by atoms with Crippen LogP contribution in [0.25, 0.3) is 0 Å². The van der Waals surface area contributed by atoms with Crippen molar-refractivity contribution in [2.45, 2.75) is 76.0 Å². The van der Waals surface area contributed by atoms with Crippen molar-refractivity contribution in [3.63, 3.8) is 0 Å². The van der Waals surface area contributed by atoms with Gasteiger partial charge in [-0.25, -0.2) is 0 Å². The minimum absolute atomic E-state index is 0.0432. The molecule has 1 aromatic heterocycles. The highest BCUT2D eigenvalue weighted by atomic mass is 16.5. The van der Waals surface area contributed by atoms with Crippen molar-refractivity contribution in [1.29, 1.82) is 0 Å². The van der Waals surface area contributed by atoms with Crippen LogP contribution in [0.3, 0.4) is 0 Å². The SMILES string of the molecule is CC(=O)N[C@H]1COC2(CCN(C(=O)c3c(C4CC4)n[nH]c3C)CC2)C[C@]1(C)O. The Morgan fingerprint density at radius 2 is 2.00 bits per heavy atom. The topological polar surface area (TPSA) is 108 Å². The van der Waals surface area contributed by atoms with Gasteiger partial charge in [-0.1, -0.05) is 0 Å². The zero-order valence-electron chi connectivity index (χ0n) is 16.9. The predicted octanol–water partition coefficient (Wildman–Crippen LogP) is 1.25. The fourth-order valence-electron chi connectivity index (χ4n) is 4.68. The first-order chi connectivity index (χ1) is 13.2. The van der Waals surface area contributed by atoms with Crippen molar-refractivity contribution in [2.75, 3.05) is 19.7 Å². The number of carbonyl (C=O) groups is 2. The normalized spacial score (nSPS) is 29.7. The quantitative estimate of drug-likeness (QED) is 0.720. The second-order valence-corrected chi connectivity index (χ2v) is 8.96. The number of ether oxygens (including phenoxy) is 1. The van der Waals surface area contributed by atoms with E-state index in [9.17, 15) is 14.7 Å². The van der Waals surface area contributed by atoms with Gasteiger partial charge in [0.1, 0.15) is 0 Å². The molecule has 3 heterocycles. The molecule has 0 bridgehead atoms. The van der Waals surface area contributed by atoms with Gasteiger partial charge in [-0.05, 0) is 39.5 Å². The number of amides is 2. The van der Waals surface area contributed by atoms with Gasteiger partial charge in [-0.3, -0.25) is 14.7 Å². The van der Waals surface area contributed by atoms with E-state index >= 15 is 0 Å². The van der Waals surface area contributed by atoms with Gasteiger partial charge < -0.3 is 20.1 Å². The molecule has 3 N–H and O–H groups in total. The van der Waals surface area contributed by atoms with E-state index in [2.05, 4.69) is 15.5 Å². The molecule has 1 aromatic rings. The number of rotatable bonds is 3. The molecule has 2 amide bonds. The van der Waals surface area contributed by atoms with Crippen molar-refractivity contribution in [2.24, 2.45) is 0 Å². The molecule has 0 radical (unpaired) electrons. The summed E-state index contributed by atoms with van der Waals surface area (Å²) >= 11 is 0. The van der Waals surface area contributed by atoms with Crippen molar-refractivity contribution in [3.8, 4) is 0 Å². The Hall–Kier alpha value is -1.93. The molecule has 1 spiro atoms. The number of nitrogens with zero attached hydrogens (tertiary/aromatic N) is 2. The number of likely N-dealkylation sites (tertiary alicyclic amines) is 1. The zero-order valence-corrected chi connectivity index (χ0v) is 16.9. The Labute approximate surface area is 165 Å². The summed E-state index contributed by atoms with van der Waals surface area (Å²) < 4.78 is 6.14. The monoisotopic (exact) mass is 390 g/mol. The molecule has 2 atom stereocenters. The average Bonchev–Trinajstić information content (AvgIpc) is 3.39. The van der Waals surface area contributed by atoms with E-state index in [0.717, 1.165) is 29.8 Å². The summed E-state index contributed by atoms with van der Waals surface area (Å²) in [4.78, 5) is 26.4. The van der Waals surface area contributed by atoms with Gasteiger partial charge in [0, 0.05) is 38.0 Å². The van der Waals surface area contributed by atoms with Crippen LogP contribution in [0.5, 0.6) is 0 Å². The van der Waals surface area contributed by atoms with Gasteiger partial charge in [-0.15, -0.1) is 0 Å². The first-order valence-electron chi connectivity index (χ1n) is 10.2. The molecule has 4 rings (SSSR count). The predicted molar refractivity (Wildman–Crippen MR) is 102 cm³/mol. The molecule has 0 unspecified atom stereocenters. The van der Waals surface area contributed by atoms with E-state index in [0.29, 0.717) is 38.3 Å². The second kappa shape index (κ2) is 6.84. The van der Waals surface area contributed by atoms with Crippen LogP contribution in [-0.4, -0.2) is 69.0 Å². The lowest BCUT2D eigenvalue weighted by Gasteiger charge is -2.51. The van der Waals surface area contributed by atoms with Crippen LogP contribution in [0.15, 0.2) is 0 Å². The molecule has 28 heavy (non-hydrogen) atoms. The van der Waals surface area contributed by atoms with Crippen molar-refractivity contribution in [3.05, 3.63) is 17.0 Å². The van der Waals surface area contributed by atoms with Gasteiger partial charge in [0.15, 0.2) is 0 Å². The van der Waals surface area contributed by atoms with Crippen LogP contribution in [0.2, 0.25) is 0 Å². The van der Waals surface area contributed by atoms with Crippen molar-refractivity contribution >= 4 is 11.8 Å². The third-order valence-corrected chi connectivity index (χ3v) is 6.48. The number of piperidine rings is 1. The number of hydrogen-bond donors (Lipinski definition) is 3. The first-order valence-corrected chi connectivity index (χ1v) is 10.2. The highest BCUT2D eigenvalue weighted by Gasteiger charge is 2.50. The van der Waals surface area contributed by atoms with Crippen LogP contribution in [0.4, 0.5) is 0 Å². The molecule has 2 aliphatic heterocycles. The lowest BCUT2D eigenvalue weighted by molar-refractivity contribution is -0.187. The Morgan fingerprint density at radius 3 is 2.57 bits per heavy atom. The maximum atomic E-state index is 13.1. The lowest BCUT2D eigenvalue weighted by atomic mass is 9.75. The van der Waals surface area contributed by atoms with E-state index < -0.39 is 17.2 Å². The Balaban J connectivity index is 1.42. The lowest BCUT2D eigenvalue weighted by Crippen LogP contribution is -2.64. The van der Waals surface area contributed by atoms with Crippen LogP contribution >= 0.6 is 0 Å². The average molecular weight is 390 g/mol. The van der Waals surface area contributed by atoms with E-state index in [1.165, 1.54) is 6.92 Å². The molecule has 1 aliphatic carbocycles. The molecule has 3 aliphatic rings. The number of aromatic amines is 1. The van der Waals surface area contributed by atoms with Crippen molar-refractivity contribution in [1.82, 2.24) is 20.4 Å². The minimum Gasteiger partial charge on any atom is -0.388 e. The molecule has 8 heteroatoms. The first kappa shape index (κ1) is 19.4. The Morgan fingerprint density at radius 1 is 1.32 bits per heavy atom. The van der Waals surface area contributed by atoms with Crippen LogP contribution in [0.1, 0.15) is 73.6 Å². The maximum absolute atomic E-state index is 13.1. The number of aliphatic hydroxyl groups is 1. The molecule has 154 valence electrons. The second-order valence-electron chi connectivity index (χ2n) is 8.96. The maximum Gasteiger partial charge on any atom is 0.257 e. The third-order valence-electron chi connectivity index (χ3n) is 6.48. The summed E-state index contributed by atoms with van der Waals surface area (Å²) in [5, 5.41) is 21.0. The molecule has 0 aromatic carbocycles. The van der Waals surface area contributed by atoms with Crippen molar-refractivity contribution < 1.29 is 19.4 Å². The zero-order chi connectivity index (χ0) is 20.1. The van der Waals surface area contributed by atoms with E-state index in [4.69, 9.17) is 4.74 Å². The fourth-order valence-corrected chi connectivity index (χ4v) is 4.68. The van der Waals surface area contributed by atoms with Gasteiger partial charge in [0.25, 0.3) is 5.91 Å². The smallest absolute Gasteiger partial charge is 0.257 e. The number of carbonyl (C=O) groups excluding carboxylic acids is 2. The molecule has 3 fully saturated rings. The van der Waals surface area contributed by atoms with Gasteiger partial charge in [-0.2, -0.15) is 5.10 Å². The van der Waals surface area contributed by atoms with Gasteiger partial charge >= 0.3 is 0 Å². The Bertz CT molecular complexity index is 775. The number of aryl methyl sites for hydroxylation is 1. The highest BCUT2D eigenvalue weighted by Crippen LogP contribution is 2.43. The summed E-state index contributed by atoms with van der Waals surface area (Å²) in [6, 6.07) is -0.412. The minimum atomic E-state index is -1.03. The van der Waals surface area contributed by atoms with Crippen LogP contribution in [0, 0.1) is 6.92 Å². The number of aromatic nitrogens is 2. The number of nitrogens with one attached hydrogen (secondary N) is 2. The molecule has 8 nitrogen and oxygen atoms in total. The summed E-state index contributed by atoms with van der Waals surface area (Å²) in [6.07, 6.45) is 4.01. The number of H-pyrrole nitrogens is 1. The summed E-state index contributed by atoms with van der Waals surface area (Å²) in [5.41, 5.74) is 1.01. The van der Waals surface area contributed by atoms with Gasteiger partial charge in [0.2, 0.25) is 5.91 Å². The Kier molecular flexibility index (Phi) is 4.74. The molecular weight excluding hydrogens is 360 g/mol. The fraction of sp³-hybridized carbons (Fsp3) is 0.750. The van der Waals surface area contributed by atoms with Gasteiger partial charge in [0.05, 0.1) is 35.1 Å². The van der Waals surface area contributed by atoms with E-state index in [1.54, 1.807) is 6.92 Å². The summed E-state index contributed by atoms with van der Waals surface area (Å²) in [6.45, 7) is 6.57. The standard InChI is InChI=1S/C20H30N4O4/c1-12-16(17(23-22-12)14-4-5-14)18(26)24-8-6-20(7-9-24)11-19(3,27)15(10-28-20)21-13(2)25/h14-15,27H,4-11H2,1-3H3,(H,21,25)(H,22,23)/t15-,19-/m0/s1. The summed E-state index contributed by atoms with van der Waals surface area (Å²) in [7, 11) is 0. The molecule has 1 saturated carbocycles. The molecule has 2 saturated heterocycles.